The molecular weight excluding hydrogens is 1050 g/mol. The second-order valence-electron chi connectivity index (χ2n) is 17.4. The van der Waals surface area contributed by atoms with Crippen molar-refractivity contribution in [3.05, 3.63) is 206 Å². The van der Waals surface area contributed by atoms with E-state index >= 15 is 0 Å². The molecule has 0 unspecified atom stereocenters. The number of imidazole rings is 1. The van der Waals surface area contributed by atoms with Gasteiger partial charge in [-0.2, -0.15) is 11.3 Å². The second kappa shape index (κ2) is 18.5. The largest absolute Gasteiger partial charge is 0 e. The van der Waals surface area contributed by atoms with Crippen LogP contribution in [0.3, 0.4) is 0 Å². The van der Waals surface area contributed by atoms with Crippen LogP contribution in [0.4, 0.5) is 4.39 Å². The first-order valence-electron chi connectivity index (χ1n) is 22.1. The van der Waals surface area contributed by atoms with Gasteiger partial charge >= 0.3 is 120 Å². The van der Waals surface area contributed by atoms with Crippen LogP contribution in [0.5, 0.6) is 0 Å². The number of hydrogen-bond acceptors (Lipinski definition) is 3. The molecule has 7 heteroatoms. The Morgan fingerprint density at radius 3 is 1.98 bits per heavy atom. The van der Waals surface area contributed by atoms with Gasteiger partial charge in [0, 0.05) is 35.9 Å². The van der Waals surface area contributed by atoms with Crippen molar-refractivity contribution in [2.75, 3.05) is 0 Å². The van der Waals surface area contributed by atoms with E-state index in [1.54, 1.807) is 17.4 Å². The molecule has 0 bridgehead atoms. The maximum absolute atomic E-state index is 14.3. The Morgan fingerprint density at radius 1 is 0.677 bits per heavy atom. The van der Waals surface area contributed by atoms with Crippen molar-refractivity contribution < 1.29 is 25.9 Å². The summed E-state index contributed by atoms with van der Waals surface area (Å²) >= 11 is -0.435. The SMILES string of the molecule is Fc1ccc2c(c1)sc1c(-c3nc4cc5ccccc5cc4n3-c3c(-c4ccccc4)cccc3-c3ccccc3)[c-]ccc12.[2H]C(C)(C)c1cc(-c2[c-]cccc2)nc[c]1[Ge]([CH3])([CH3])[CH3].[Ir]. The summed E-state index contributed by atoms with van der Waals surface area (Å²) < 4.78 is 28.4. The Bertz CT molecular complexity index is 3470. The Labute approximate surface area is 401 Å². The van der Waals surface area contributed by atoms with Crippen molar-refractivity contribution in [3.63, 3.8) is 0 Å². The van der Waals surface area contributed by atoms with E-state index in [1.807, 2.05) is 68.6 Å². The Balaban J connectivity index is 0.000000221. The summed E-state index contributed by atoms with van der Waals surface area (Å²) in [6.07, 6.45) is 2.00. The fourth-order valence-corrected chi connectivity index (χ4v) is 13.2. The zero-order valence-electron chi connectivity index (χ0n) is 37.8. The first-order chi connectivity index (χ1) is 31.4. The third kappa shape index (κ3) is 8.65. The standard InChI is InChI=1S/C41H24FN2S.C17H22GeN.Ir/c42-30-21-22-33-34-19-10-20-35(40(34)45-38(33)25-30)41-43-36-23-28-15-7-8-16-29(28)24-37(36)44(41)39-31(26-11-3-1-4-12-26)17-9-18-32(39)27-13-5-2-6-14-27;1-13(2)15-11-17(14-9-7-6-8-10-14)19-12-16(15)18(3,4)5;/h1-19,21-25H;6-9,11-13H,1-5H3;/q2*-1;/i;13D;. The van der Waals surface area contributed by atoms with Crippen LogP contribution in [0, 0.1) is 17.9 Å². The number of benzene rings is 8. The second-order valence-corrected chi connectivity index (χ2v) is 29.0. The summed E-state index contributed by atoms with van der Waals surface area (Å²) in [4.78, 5) is 10.0. The van der Waals surface area contributed by atoms with Crippen molar-refractivity contribution in [3.8, 4) is 50.6 Å². The molecule has 1 radical (unpaired) electrons. The molecule has 0 amide bonds. The van der Waals surface area contributed by atoms with Crippen molar-refractivity contribution >= 4 is 71.0 Å². The number of nitrogens with zero attached hydrogens (tertiary/aromatic N) is 3. The summed E-state index contributed by atoms with van der Waals surface area (Å²) in [5.74, 6) is 7.02. The molecule has 0 aliphatic rings. The fourth-order valence-electron chi connectivity index (χ4n) is 8.69. The molecule has 11 rings (SSSR count). The van der Waals surface area contributed by atoms with Gasteiger partial charge in [-0.3, -0.25) is 4.98 Å². The van der Waals surface area contributed by atoms with Gasteiger partial charge in [-0.25, -0.2) is 4.39 Å². The predicted molar refractivity (Wildman–Crippen MR) is 272 cm³/mol. The number of hydrogen-bond donors (Lipinski definition) is 0. The summed E-state index contributed by atoms with van der Waals surface area (Å²) in [6, 6.07) is 66.3. The summed E-state index contributed by atoms with van der Waals surface area (Å²) in [7, 11) is 0. The summed E-state index contributed by atoms with van der Waals surface area (Å²) in [6.45, 7) is 3.91. The monoisotopic (exact) mass is 1100 g/mol. The van der Waals surface area contributed by atoms with Gasteiger partial charge in [0.15, 0.2) is 0 Å². The van der Waals surface area contributed by atoms with Crippen LogP contribution in [-0.4, -0.2) is 27.8 Å². The third-order valence-electron chi connectivity index (χ3n) is 11.8. The van der Waals surface area contributed by atoms with E-state index in [0.29, 0.717) is 0 Å². The Morgan fingerprint density at radius 2 is 1.34 bits per heavy atom. The van der Waals surface area contributed by atoms with E-state index in [4.69, 9.17) is 6.35 Å². The van der Waals surface area contributed by atoms with Crippen LogP contribution in [0.1, 0.15) is 26.7 Å². The van der Waals surface area contributed by atoms with E-state index in [0.717, 1.165) is 98.1 Å². The number of halogens is 1. The van der Waals surface area contributed by atoms with E-state index in [1.165, 1.54) is 10.5 Å². The van der Waals surface area contributed by atoms with E-state index in [2.05, 4.69) is 154 Å². The molecule has 0 fully saturated rings. The van der Waals surface area contributed by atoms with Gasteiger partial charge in [-0.1, -0.05) is 120 Å². The van der Waals surface area contributed by atoms with Crippen molar-refractivity contribution in [1.82, 2.24) is 14.5 Å². The molecule has 0 atom stereocenters. The maximum atomic E-state index is 14.3. The van der Waals surface area contributed by atoms with Gasteiger partial charge in [-0.05, 0) is 56.3 Å². The van der Waals surface area contributed by atoms with Crippen LogP contribution in [0.15, 0.2) is 182 Å². The number of pyridine rings is 1. The molecule has 3 nitrogen and oxygen atoms in total. The van der Waals surface area contributed by atoms with Crippen LogP contribution >= 0.6 is 11.3 Å². The molecule has 0 saturated heterocycles. The zero-order chi connectivity index (χ0) is 44.9. The summed E-state index contributed by atoms with van der Waals surface area (Å²) in [5, 5.41) is 4.40. The number of para-hydroxylation sites is 1. The number of thiophene rings is 1. The molecule has 0 aliphatic heterocycles. The molecule has 3 aromatic heterocycles. The third-order valence-corrected chi connectivity index (χ3v) is 17.2. The molecule has 65 heavy (non-hydrogen) atoms. The van der Waals surface area contributed by atoms with E-state index < -0.39 is 19.2 Å². The van der Waals surface area contributed by atoms with E-state index in [-0.39, 0.29) is 25.9 Å². The Kier molecular flexibility index (Phi) is 12.2. The topological polar surface area (TPSA) is 30.7 Å². The van der Waals surface area contributed by atoms with Crippen LogP contribution in [-0.2, 0) is 20.1 Å². The smallest absolute Gasteiger partial charge is 0 e. The van der Waals surface area contributed by atoms with Crippen molar-refractivity contribution in [2.24, 2.45) is 0 Å². The summed E-state index contributed by atoms with van der Waals surface area (Å²) in [5.41, 5.74) is 11.4. The quantitative estimate of drug-likeness (QED) is 0.118. The van der Waals surface area contributed by atoms with Crippen molar-refractivity contribution in [2.45, 2.75) is 37.0 Å². The van der Waals surface area contributed by atoms with Crippen LogP contribution in [0.2, 0.25) is 17.3 Å². The van der Waals surface area contributed by atoms with Crippen molar-refractivity contribution in [1.29, 1.82) is 0 Å². The molecular formula is C58H46FGeIrN3S-2. The molecule has 0 aliphatic carbocycles. The van der Waals surface area contributed by atoms with Gasteiger partial charge in [0.1, 0.15) is 5.82 Å². The molecule has 0 N–H and O–H groups in total. The molecule has 0 spiro atoms. The maximum Gasteiger partial charge on any atom is 0 e. The zero-order valence-corrected chi connectivity index (χ0v) is 42.1. The van der Waals surface area contributed by atoms with Gasteiger partial charge in [-0.15, -0.1) is 18.2 Å². The normalized spacial score (nSPS) is 11.9. The minimum atomic E-state index is -2.03. The van der Waals surface area contributed by atoms with Crippen LogP contribution < -0.4 is 4.40 Å². The van der Waals surface area contributed by atoms with Gasteiger partial charge < -0.3 is 4.57 Å². The number of aromatic nitrogens is 3. The minimum absolute atomic E-state index is 0. The van der Waals surface area contributed by atoms with Gasteiger partial charge in [0.25, 0.3) is 0 Å². The molecule has 321 valence electrons. The number of rotatable bonds is 7. The molecule has 11 aromatic rings. The fraction of sp³-hybridized carbons (Fsp3) is 0.103. The number of fused-ring (bicyclic) bond motifs is 5. The Hall–Kier alpha value is -6.02. The molecule has 3 heterocycles. The van der Waals surface area contributed by atoms with E-state index in [9.17, 15) is 4.39 Å². The van der Waals surface area contributed by atoms with Gasteiger partial charge in [0.2, 0.25) is 0 Å². The average molecular weight is 1100 g/mol. The molecule has 0 saturated carbocycles. The first-order valence-corrected chi connectivity index (χ1v) is 29.7. The van der Waals surface area contributed by atoms with Crippen LogP contribution in [0.25, 0.3) is 92.6 Å². The first kappa shape index (κ1) is 42.9. The van der Waals surface area contributed by atoms with Gasteiger partial charge in [0.05, 0.1) is 22.5 Å². The molecule has 8 aromatic carbocycles. The average Bonchev–Trinajstić information content (AvgIpc) is 3.88. The predicted octanol–water partition coefficient (Wildman–Crippen LogP) is 15.7. The minimum Gasteiger partial charge on any atom is 0 e.